The highest BCUT2D eigenvalue weighted by atomic mass is 16.5. The highest BCUT2D eigenvalue weighted by Crippen LogP contribution is 2.18. The third-order valence-electron chi connectivity index (χ3n) is 3.58. The van der Waals surface area contributed by atoms with E-state index in [1.807, 2.05) is 54.6 Å². The molecular formula is C18H19N3O2. The van der Waals surface area contributed by atoms with Gasteiger partial charge in [-0.05, 0) is 36.8 Å². The van der Waals surface area contributed by atoms with Gasteiger partial charge in [-0.1, -0.05) is 31.2 Å². The van der Waals surface area contributed by atoms with Crippen LogP contribution in [0.2, 0.25) is 0 Å². The summed E-state index contributed by atoms with van der Waals surface area (Å²) in [4.78, 5) is 16.6. The number of aliphatic imine (C=N–C) groups is 1. The van der Waals surface area contributed by atoms with E-state index in [1.165, 1.54) is 0 Å². The molecule has 0 saturated heterocycles. The lowest BCUT2D eigenvalue weighted by molar-refractivity contribution is 0.262. The van der Waals surface area contributed by atoms with Crippen LogP contribution in [0, 0.1) is 0 Å². The van der Waals surface area contributed by atoms with Crippen LogP contribution in [0.25, 0.3) is 0 Å². The summed E-state index contributed by atoms with van der Waals surface area (Å²) in [5.74, 6) is 0.643. The van der Waals surface area contributed by atoms with Gasteiger partial charge in [-0.2, -0.15) is 0 Å². The first-order chi connectivity index (χ1) is 11.2. The molecule has 3 rings (SSSR count). The van der Waals surface area contributed by atoms with Gasteiger partial charge < -0.3 is 15.4 Å². The average Bonchev–Trinajstić information content (AvgIpc) is 3.05. The predicted molar refractivity (Wildman–Crippen MR) is 92.1 cm³/mol. The van der Waals surface area contributed by atoms with E-state index in [4.69, 9.17) is 4.74 Å². The fraction of sp³-hybridized carbons (Fsp3) is 0.222. The molecule has 0 aromatic heterocycles. The number of carbonyl (C=O) groups excluding carboxylic acids is 1. The molecule has 2 aromatic rings. The molecule has 0 fully saturated rings. The number of hydrogen-bond donors (Lipinski definition) is 2. The molecule has 0 bridgehead atoms. The molecule has 0 saturated carbocycles. The van der Waals surface area contributed by atoms with Crippen LogP contribution in [0.4, 0.5) is 16.2 Å². The molecule has 1 atom stereocenters. The average molecular weight is 309 g/mol. The highest BCUT2D eigenvalue weighted by molar-refractivity contribution is 6.01. The van der Waals surface area contributed by atoms with Gasteiger partial charge in [-0.15, -0.1) is 0 Å². The maximum atomic E-state index is 12.0. The SMILES string of the molecule is CC[C@@H]1COC(c2cccc(NC(=O)Nc3ccccc3)c2)=N1. The van der Waals surface area contributed by atoms with E-state index in [0.717, 1.165) is 17.7 Å². The molecule has 2 N–H and O–H groups in total. The number of amides is 2. The maximum absolute atomic E-state index is 12.0. The number of nitrogens with zero attached hydrogens (tertiary/aromatic N) is 1. The summed E-state index contributed by atoms with van der Waals surface area (Å²) in [6.45, 7) is 2.71. The minimum Gasteiger partial charge on any atom is -0.475 e. The number of ether oxygens (including phenoxy) is 1. The zero-order chi connectivity index (χ0) is 16.1. The smallest absolute Gasteiger partial charge is 0.323 e. The Morgan fingerprint density at radius 2 is 1.87 bits per heavy atom. The topological polar surface area (TPSA) is 62.7 Å². The van der Waals surface area contributed by atoms with Gasteiger partial charge in [0.15, 0.2) is 0 Å². The van der Waals surface area contributed by atoms with Crippen LogP contribution < -0.4 is 10.6 Å². The van der Waals surface area contributed by atoms with E-state index in [0.29, 0.717) is 18.2 Å². The van der Waals surface area contributed by atoms with Crippen molar-refractivity contribution in [1.82, 2.24) is 0 Å². The van der Waals surface area contributed by atoms with Crippen LogP contribution in [0.1, 0.15) is 18.9 Å². The van der Waals surface area contributed by atoms with Gasteiger partial charge in [-0.25, -0.2) is 9.79 Å². The van der Waals surface area contributed by atoms with E-state index in [-0.39, 0.29) is 12.1 Å². The molecule has 5 heteroatoms. The van der Waals surface area contributed by atoms with Crippen LogP contribution in [0.5, 0.6) is 0 Å². The van der Waals surface area contributed by atoms with E-state index in [9.17, 15) is 4.79 Å². The van der Waals surface area contributed by atoms with E-state index >= 15 is 0 Å². The van der Waals surface area contributed by atoms with Crippen LogP contribution in [0.15, 0.2) is 59.6 Å². The molecule has 5 nitrogen and oxygen atoms in total. The van der Waals surface area contributed by atoms with E-state index in [2.05, 4.69) is 22.5 Å². The first-order valence-electron chi connectivity index (χ1n) is 7.68. The van der Waals surface area contributed by atoms with Gasteiger partial charge in [0, 0.05) is 16.9 Å². The van der Waals surface area contributed by atoms with Crippen LogP contribution >= 0.6 is 0 Å². The molecule has 0 unspecified atom stereocenters. The van der Waals surface area contributed by atoms with Gasteiger partial charge >= 0.3 is 6.03 Å². The molecule has 1 heterocycles. The second-order valence-electron chi connectivity index (χ2n) is 5.33. The summed E-state index contributed by atoms with van der Waals surface area (Å²) in [5.41, 5.74) is 2.32. The Labute approximate surface area is 135 Å². The first-order valence-corrected chi connectivity index (χ1v) is 7.68. The first kappa shape index (κ1) is 15.1. The molecule has 1 aliphatic rings. The molecule has 2 aromatic carbocycles. The van der Waals surface area contributed by atoms with Crippen LogP contribution in [-0.2, 0) is 4.74 Å². The molecule has 0 radical (unpaired) electrons. The van der Waals surface area contributed by atoms with Crippen molar-refractivity contribution in [2.75, 3.05) is 17.2 Å². The second kappa shape index (κ2) is 6.96. The Morgan fingerprint density at radius 1 is 1.13 bits per heavy atom. The second-order valence-corrected chi connectivity index (χ2v) is 5.33. The quantitative estimate of drug-likeness (QED) is 0.900. The van der Waals surface area contributed by atoms with Gasteiger partial charge in [-0.3, -0.25) is 0 Å². The molecule has 0 spiro atoms. The summed E-state index contributed by atoms with van der Waals surface area (Å²) in [7, 11) is 0. The number of para-hydroxylation sites is 1. The fourth-order valence-corrected chi connectivity index (χ4v) is 2.33. The third-order valence-corrected chi connectivity index (χ3v) is 3.58. The number of anilines is 2. The summed E-state index contributed by atoms with van der Waals surface area (Å²) < 4.78 is 5.62. The lowest BCUT2D eigenvalue weighted by Gasteiger charge is -2.09. The molecular weight excluding hydrogens is 290 g/mol. The minimum atomic E-state index is -0.283. The van der Waals surface area contributed by atoms with Crippen molar-refractivity contribution in [3.8, 4) is 0 Å². The van der Waals surface area contributed by atoms with Gasteiger partial charge in [0.1, 0.15) is 6.61 Å². The molecule has 1 aliphatic heterocycles. The Morgan fingerprint density at radius 3 is 2.61 bits per heavy atom. The predicted octanol–water partition coefficient (Wildman–Crippen LogP) is 3.89. The number of rotatable bonds is 4. The standard InChI is InChI=1S/C18H19N3O2/c1-2-14-12-23-17(19-14)13-7-6-10-16(11-13)21-18(22)20-15-8-4-3-5-9-15/h3-11,14H,2,12H2,1H3,(H2,20,21,22)/t14-/m1/s1. The molecule has 2 amide bonds. The van der Waals surface area contributed by atoms with Gasteiger partial charge in [0.2, 0.25) is 5.90 Å². The third kappa shape index (κ3) is 3.88. The fourth-order valence-electron chi connectivity index (χ4n) is 2.33. The number of nitrogens with one attached hydrogen (secondary N) is 2. The van der Waals surface area contributed by atoms with Crippen molar-refractivity contribution in [2.24, 2.45) is 4.99 Å². The summed E-state index contributed by atoms with van der Waals surface area (Å²) in [6.07, 6.45) is 0.959. The molecule has 0 aliphatic carbocycles. The Balaban J connectivity index is 1.67. The van der Waals surface area contributed by atoms with E-state index < -0.39 is 0 Å². The van der Waals surface area contributed by atoms with Crippen molar-refractivity contribution in [3.05, 3.63) is 60.2 Å². The number of hydrogen-bond acceptors (Lipinski definition) is 3. The van der Waals surface area contributed by atoms with Crippen molar-refractivity contribution in [2.45, 2.75) is 19.4 Å². The zero-order valence-electron chi connectivity index (χ0n) is 13.0. The lowest BCUT2D eigenvalue weighted by atomic mass is 10.2. The number of carbonyl (C=O) groups is 1. The Bertz CT molecular complexity index is 713. The molecule has 118 valence electrons. The Hall–Kier alpha value is -2.82. The molecule has 23 heavy (non-hydrogen) atoms. The van der Waals surface area contributed by atoms with Gasteiger partial charge in [0.05, 0.1) is 6.04 Å². The van der Waals surface area contributed by atoms with Crippen molar-refractivity contribution >= 4 is 23.3 Å². The van der Waals surface area contributed by atoms with E-state index in [1.54, 1.807) is 0 Å². The normalized spacial score (nSPS) is 16.4. The summed E-state index contributed by atoms with van der Waals surface area (Å²) >= 11 is 0. The van der Waals surface area contributed by atoms with Crippen LogP contribution in [-0.4, -0.2) is 24.6 Å². The highest BCUT2D eigenvalue weighted by Gasteiger charge is 2.18. The zero-order valence-corrected chi connectivity index (χ0v) is 13.0. The summed E-state index contributed by atoms with van der Waals surface area (Å²) in [6, 6.07) is 16.8. The van der Waals surface area contributed by atoms with Crippen molar-refractivity contribution in [3.63, 3.8) is 0 Å². The van der Waals surface area contributed by atoms with Crippen molar-refractivity contribution in [1.29, 1.82) is 0 Å². The Kier molecular flexibility index (Phi) is 4.57. The van der Waals surface area contributed by atoms with Crippen molar-refractivity contribution < 1.29 is 9.53 Å². The van der Waals surface area contributed by atoms with Gasteiger partial charge in [0.25, 0.3) is 0 Å². The lowest BCUT2D eigenvalue weighted by Crippen LogP contribution is -2.19. The monoisotopic (exact) mass is 309 g/mol. The van der Waals surface area contributed by atoms with Crippen LogP contribution in [0.3, 0.4) is 0 Å². The number of benzene rings is 2. The number of urea groups is 1. The largest absolute Gasteiger partial charge is 0.475 e. The maximum Gasteiger partial charge on any atom is 0.323 e. The summed E-state index contributed by atoms with van der Waals surface area (Å²) in [5, 5.41) is 5.60. The minimum absolute atomic E-state index is 0.225.